The molecule has 0 amide bonds. The van der Waals surface area contributed by atoms with Crippen LogP contribution in [0.15, 0.2) is 0 Å². The first kappa shape index (κ1) is 21.2. The Labute approximate surface area is 155 Å². The fourth-order valence-corrected chi connectivity index (χ4v) is 16.1. The molecule has 2 heterocycles. The number of hydrogen-bond donors (Lipinski definition) is 0. The van der Waals surface area contributed by atoms with Crippen LogP contribution in [0.1, 0.15) is 107 Å². The van der Waals surface area contributed by atoms with Crippen LogP contribution in [0.4, 0.5) is 0 Å². The van der Waals surface area contributed by atoms with Gasteiger partial charge in [-0.2, -0.15) is 0 Å². The molecule has 0 N–H and O–H groups in total. The fourth-order valence-electron chi connectivity index (χ4n) is 5.98. The first-order valence-electron chi connectivity index (χ1n) is 10.8. The Morgan fingerprint density at radius 2 is 0.750 bits per heavy atom. The second-order valence-electron chi connectivity index (χ2n) is 9.34. The van der Waals surface area contributed by atoms with Crippen molar-refractivity contribution >= 4 is 15.8 Å². The maximum atomic E-state index is 2.70. The number of hydrogen-bond acceptors (Lipinski definition) is 0. The van der Waals surface area contributed by atoms with E-state index in [0.717, 1.165) is 22.6 Å². The summed E-state index contributed by atoms with van der Waals surface area (Å²) in [6, 6.07) is 0. The fraction of sp³-hybridized carbons (Fsp3) is 1.00. The molecule has 0 aromatic rings. The monoisotopic (exact) mass is 370 g/mol. The highest BCUT2D eigenvalue weighted by atomic mass is 31.1. The van der Waals surface area contributed by atoms with Crippen LogP contribution < -0.4 is 0 Å². The molecule has 0 nitrogen and oxygen atoms in total. The van der Waals surface area contributed by atoms with Gasteiger partial charge in [0, 0.05) is 0 Å². The zero-order chi connectivity index (χ0) is 18.1. The quantitative estimate of drug-likeness (QED) is 0.396. The molecule has 0 aromatic heterocycles. The van der Waals surface area contributed by atoms with Gasteiger partial charge in [-0.15, -0.1) is 0 Å². The molecule has 0 bridgehead atoms. The van der Waals surface area contributed by atoms with Gasteiger partial charge in [0.15, 0.2) is 0 Å². The van der Waals surface area contributed by atoms with Crippen LogP contribution in [0.3, 0.4) is 0 Å². The van der Waals surface area contributed by atoms with Crippen molar-refractivity contribution in [1.29, 1.82) is 0 Å². The van der Waals surface area contributed by atoms with E-state index in [2.05, 4.69) is 55.4 Å². The second kappa shape index (κ2) is 8.26. The van der Waals surface area contributed by atoms with Gasteiger partial charge in [0.1, 0.15) is 0 Å². The molecule has 24 heavy (non-hydrogen) atoms. The molecule has 0 aliphatic carbocycles. The summed E-state index contributed by atoms with van der Waals surface area (Å²) in [7, 11) is 0.297. The molecule has 0 unspecified atom stereocenters. The summed E-state index contributed by atoms with van der Waals surface area (Å²) in [5.41, 5.74) is 4.16. The molecule has 0 saturated carbocycles. The van der Waals surface area contributed by atoms with Crippen LogP contribution in [0.5, 0.6) is 0 Å². The van der Waals surface area contributed by atoms with Crippen molar-refractivity contribution in [3.63, 3.8) is 0 Å². The summed E-state index contributed by atoms with van der Waals surface area (Å²) in [5, 5.41) is 1.08. The van der Waals surface area contributed by atoms with Gasteiger partial charge in [-0.1, -0.05) is 71.2 Å². The van der Waals surface area contributed by atoms with E-state index < -0.39 is 0 Å². The molecule has 2 saturated heterocycles. The molecule has 2 aliphatic heterocycles. The first-order valence-corrected chi connectivity index (χ1v) is 13.8. The normalized spacial score (nSPS) is 33.5. The van der Waals surface area contributed by atoms with Crippen LogP contribution in [0.25, 0.3) is 0 Å². The molecule has 2 aliphatic rings. The molecule has 142 valence electrons. The molecule has 2 fully saturated rings. The van der Waals surface area contributed by atoms with Crippen molar-refractivity contribution < 1.29 is 0 Å². The predicted molar refractivity (Wildman–Crippen MR) is 117 cm³/mol. The summed E-state index contributed by atoms with van der Waals surface area (Å²) >= 11 is 0. The maximum Gasteiger partial charge on any atom is -0.00555 e. The second-order valence-corrected chi connectivity index (χ2v) is 16.1. The van der Waals surface area contributed by atoms with Crippen LogP contribution in [0.2, 0.25) is 0 Å². The van der Waals surface area contributed by atoms with Crippen molar-refractivity contribution in [2.45, 2.75) is 140 Å². The summed E-state index contributed by atoms with van der Waals surface area (Å²) in [5.74, 6) is 0. The summed E-state index contributed by atoms with van der Waals surface area (Å²) in [6.07, 6.45) is 11.8. The lowest BCUT2D eigenvalue weighted by molar-refractivity contribution is 0.516. The van der Waals surface area contributed by atoms with Gasteiger partial charge in [0.25, 0.3) is 0 Å². The van der Waals surface area contributed by atoms with Crippen molar-refractivity contribution in [3.05, 3.63) is 0 Å². The highest BCUT2D eigenvalue weighted by molar-refractivity contribution is 7.65. The van der Waals surface area contributed by atoms with E-state index in [1.807, 2.05) is 0 Å². The molecule has 0 spiro atoms. The average molecular weight is 371 g/mol. The van der Waals surface area contributed by atoms with E-state index >= 15 is 0 Å². The van der Waals surface area contributed by atoms with Crippen LogP contribution in [-0.4, -0.2) is 32.9 Å². The Bertz CT molecular complexity index is 339. The molecule has 0 radical (unpaired) electrons. The minimum Gasteiger partial charge on any atom is -0.0936 e. The molecular formula is C22H44P2. The van der Waals surface area contributed by atoms with Crippen LogP contribution in [0, 0.1) is 0 Å². The van der Waals surface area contributed by atoms with Crippen LogP contribution in [-0.2, 0) is 0 Å². The highest BCUT2D eigenvalue weighted by Crippen LogP contribution is 2.77. The standard InChI is InChI=1S/C22H44P2/c1-9-17-13-14-18(10-2)23(17)21(5,6)22(7,8)24-19(11-3)15-16-20(24)12-4/h17-20H,9-16H2,1-8H3/t17-,18-,19-,20-/m1/s1. The van der Waals surface area contributed by atoms with E-state index in [9.17, 15) is 0 Å². The van der Waals surface area contributed by atoms with E-state index in [4.69, 9.17) is 0 Å². The Morgan fingerprint density at radius 1 is 0.542 bits per heavy atom. The lowest BCUT2D eigenvalue weighted by atomic mass is 9.98. The van der Waals surface area contributed by atoms with Gasteiger partial charge < -0.3 is 0 Å². The third kappa shape index (κ3) is 3.50. The predicted octanol–water partition coefficient (Wildman–Crippen LogP) is 8.21. The van der Waals surface area contributed by atoms with Crippen molar-refractivity contribution in [2.24, 2.45) is 0 Å². The Kier molecular flexibility index (Phi) is 7.28. The van der Waals surface area contributed by atoms with Gasteiger partial charge in [-0.05, 0) is 84.3 Å². The van der Waals surface area contributed by atoms with Gasteiger partial charge in [-0.3, -0.25) is 0 Å². The zero-order valence-corrected chi connectivity index (χ0v) is 19.6. The van der Waals surface area contributed by atoms with E-state index in [1.54, 1.807) is 0 Å². The minimum absolute atomic E-state index is 0.149. The Morgan fingerprint density at radius 3 is 0.917 bits per heavy atom. The molecule has 2 rings (SSSR count). The largest absolute Gasteiger partial charge is 0.0936 e. The SMILES string of the molecule is CC[C@@H]1CC[C@@H](CC)P1C(C)(C)C(C)(C)P1[C@H](CC)CC[C@H]1CC. The third-order valence-electron chi connectivity index (χ3n) is 7.91. The summed E-state index contributed by atoms with van der Waals surface area (Å²) in [6.45, 7) is 20.7. The van der Waals surface area contributed by atoms with E-state index in [1.165, 1.54) is 51.4 Å². The molecule has 0 aromatic carbocycles. The Hall–Kier alpha value is 0.860. The summed E-state index contributed by atoms with van der Waals surface area (Å²) in [4.78, 5) is 0. The topological polar surface area (TPSA) is 0 Å². The van der Waals surface area contributed by atoms with Crippen molar-refractivity contribution in [2.75, 3.05) is 0 Å². The maximum absolute atomic E-state index is 2.70. The van der Waals surface area contributed by atoms with Gasteiger partial charge in [0.05, 0.1) is 0 Å². The number of rotatable bonds is 7. The summed E-state index contributed by atoms with van der Waals surface area (Å²) < 4.78 is 0. The lowest BCUT2D eigenvalue weighted by Gasteiger charge is -2.55. The Balaban J connectivity index is 2.37. The first-order chi connectivity index (χ1) is 11.3. The average Bonchev–Trinajstić information content (AvgIpc) is 3.17. The van der Waals surface area contributed by atoms with Crippen LogP contribution >= 0.6 is 15.8 Å². The molecule has 4 atom stereocenters. The third-order valence-corrected chi connectivity index (χ3v) is 17.4. The molecular weight excluding hydrogens is 326 g/mol. The zero-order valence-electron chi connectivity index (χ0n) is 17.9. The van der Waals surface area contributed by atoms with E-state index in [-0.39, 0.29) is 15.8 Å². The van der Waals surface area contributed by atoms with Gasteiger partial charge in [-0.25, -0.2) is 0 Å². The lowest BCUT2D eigenvalue weighted by Crippen LogP contribution is -2.46. The van der Waals surface area contributed by atoms with Gasteiger partial charge >= 0.3 is 0 Å². The van der Waals surface area contributed by atoms with Crippen molar-refractivity contribution in [3.8, 4) is 0 Å². The van der Waals surface area contributed by atoms with Gasteiger partial charge in [0.2, 0.25) is 0 Å². The van der Waals surface area contributed by atoms with Crippen molar-refractivity contribution in [1.82, 2.24) is 0 Å². The molecule has 2 heteroatoms. The van der Waals surface area contributed by atoms with E-state index in [0.29, 0.717) is 10.3 Å². The smallest absolute Gasteiger partial charge is 0.00555 e. The minimum atomic E-state index is 0.149. The highest BCUT2D eigenvalue weighted by Gasteiger charge is 2.56.